The standard InChI is InChI=1S/C10H20N2O/c1-12-5-6-13-8-10(12)7-9-3-2-4-11-9/h9-11H,2-8H2,1H3. The Bertz CT molecular complexity index is 157. The maximum Gasteiger partial charge on any atom is 0.0622 e. The lowest BCUT2D eigenvalue weighted by atomic mass is 10.0. The zero-order chi connectivity index (χ0) is 9.10. The third-order valence-electron chi connectivity index (χ3n) is 3.24. The predicted molar refractivity (Wildman–Crippen MR) is 52.9 cm³/mol. The zero-order valence-corrected chi connectivity index (χ0v) is 8.46. The second-order valence-corrected chi connectivity index (χ2v) is 4.24. The van der Waals surface area contributed by atoms with Crippen LogP contribution in [-0.2, 0) is 4.74 Å². The van der Waals surface area contributed by atoms with Crippen LogP contribution >= 0.6 is 0 Å². The summed E-state index contributed by atoms with van der Waals surface area (Å²) < 4.78 is 5.49. The van der Waals surface area contributed by atoms with Crippen LogP contribution in [0.4, 0.5) is 0 Å². The minimum Gasteiger partial charge on any atom is -0.378 e. The van der Waals surface area contributed by atoms with Crippen LogP contribution in [0.1, 0.15) is 19.3 Å². The molecule has 0 bridgehead atoms. The Balaban J connectivity index is 1.78. The molecule has 0 radical (unpaired) electrons. The molecular formula is C10H20N2O. The number of likely N-dealkylation sites (N-methyl/N-ethyl adjacent to an activating group) is 1. The van der Waals surface area contributed by atoms with Gasteiger partial charge < -0.3 is 10.1 Å². The molecule has 0 amide bonds. The van der Waals surface area contributed by atoms with Gasteiger partial charge in [0, 0.05) is 18.6 Å². The lowest BCUT2D eigenvalue weighted by Gasteiger charge is -2.33. The van der Waals surface area contributed by atoms with Crippen molar-refractivity contribution in [1.29, 1.82) is 0 Å². The highest BCUT2D eigenvalue weighted by atomic mass is 16.5. The van der Waals surface area contributed by atoms with Crippen LogP contribution in [0.25, 0.3) is 0 Å². The summed E-state index contributed by atoms with van der Waals surface area (Å²) in [6, 6.07) is 1.39. The van der Waals surface area contributed by atoms with E-state index in [9.17, 15) is 0 Å². The molecule has 0 aromatic rings. The monoisotopic (exact) mass is 184 g/mol. The van der Waals surface area contributed by atoms with Gasteiger partial charge in [-0.1, -0.05) is 0 Å². The normalized spacial score (nSPS) is 36.7. The summed E-state index contributed by atoms with van der Waals surface area (Å²) in [6.07, 6.45) is 3.96. The third-order valence-corrected chi connectivity index (χ3v) is 3.24. The number of hydrogen-bond acceptors (Lipinski definition) is 3. The topological polar surface area (TPSA) is 24.5 Å². The highest BCUT2D eigenvalue weighted by Crippen LogP contribution is 2.16. The Kier molecular flexibility index (Phi) is 3.19. The molecule has 2 fully saturated rings. The molecule has 0 saturated carbocycles. The first-order valence-electron chi connectivity index (χ1n) is 5.37. The molecule has 2 aliphatic heterocycles. The molecule has 3 nitrogen and oxygen atoms in total. The Hall–Kier alpha value is -0.120. The van der Waals surface area contributed by atoms with E-state index in [4.69, 9.17) is 4.74 Å². The molecule has 3 heteroatoms. The quantitative estimate of drug-likeness (QED) is 0.675. The van der Waals surface area contributed by atoms with Gasteiger partial charge in [0.05, 0.1) is 13.2 Å². The highest BCUT2D eigenvalue weighted by molar-refractivity contribution is 4.82. The van der Waals surface area contributed by atoms with E-state index in [2.05, 4.69) is 17.3 Å². The maximum absolute atomic E-state index is 5.49. The molecule has 2 atom stereocenters. The van der Waals surface area contributed by atoms with Crippen molar-refractivity contribution in [2.24, 2.45) is 0 Å². The molecule has 13 heavy (non-hydrogen) atoms. The summed E-state index contributed by atoms with van der Waals surface area (Å²) in [4.78, 5) is 2.43. The Labute approximate surface area is 80.4 Å². The predicted octanol–water partition coefficient (Wildman–Crippen LogP) is 0.459. The number of nitrogens with zero attached hydrogens (tertiary/aromatic N) is 1. The highest BCUT2D eigenvalue weighted by Gasteiger charge is 2.24. The van der Waals surface area contributed by atoms with E-state index in [0.717, 1.165) is 25.8 Å². The SMILES string of the molecule is CN1CCOCC1CC1CCCN1. The number of nitrogens with one attached hydrogen (secondary N) is 1. The minimum atomic E-state index is 0.643. The van der Waals surface area contributed by atoms with Crippen LogP contribution in [0.5, 0.6) is 0 Å². The van der Waals surface area contributed by atoms with Crippen molar-refractivity contribution in [3.8, 4) is 0 Å². The van der Waals surface area contributed by atoms with Crippen LogP contribution in [0.2, 0.25) is 0 Å². The fraction of sp³-hybridized carbons (Fsp3) is 1.00. The average Bonchev–Trinajstić information content (AvgIpc) is 2.61. The van der Waals surface area contributed by atoms with Crippen LogP contribution < -0.4 is 5.32 Å². The molecule has 2 saturated heterocycles. The number of hydrogen-bond donors (Lipinski definition) is 1. The van der Waals surface area contributed by atoms with Gasteiger partial charge in [-0.15, -0.1) is 0 Å². The average molecular weight is 184 g/mol. The number of morpholine rings is 1. The van der Waals surface area contributed by atoms with Crippen molar-refractivity contribution in [2.75, 3.05) is 33.4 Å². The van der Waals surface area contributed by atoms with Gasteiger partial charge in [-0.2, -0.15) is 0 Å². The van der Waals surface area contributed by atoms with Gasteiger partial charge in [-0.05, 0) is 32.9 Å². The van der Waals surface area contributed by atoms with Crippen molar-refractivity contribution < 1.29 is 4.74 Å². The molecule has 76 valence electrons. The van der Waals surface area contributed by atoms with Crippen molar-refractivity contribution in [2.45, 2.75) is 31.3 Å². The van der Waals surface area contributed by atoms with E-state index in [0.29, 0.717) is 6.04 Å². The molecule has 2 heterocycles. The van der Waals surface area contributed by atoms with Crippen molar-refractivity contribution >= 4 is 0 Å². The van der Waals surface area contributed by atoms with Crippen LogP contribution in [0.3, 0.4) is 0 Å². The Morgan fingerprint density at radius 2 is 2.46 bits per heavy atom. The summed E-state index contributed by atoms with van der Waals surface area (Å²) in [5.74, 6) is 0. The number of rotatable bonds is 2. The molecule has 0 spiro atoms. The van der Waals surface area contributed by atoms with E-state index in [1.807, 2.05) is 0 Å². The van der Waals surface area contributed by atoms with Crippen LogP contribution in [0, 0.1) is 0 Å². The fourth-order valence-corrected chi connectivity index (χ4v) is 2.27. The third kappa shape index (κ3) is 2.42. The largest absolute Gasteiger partial charge is 0.378 e. The number of ether oxygens (including phenoxy) is 1. The van der Waals surface area contributed by atoms with E-state index in [-0.39, 0.29) is 0 Å². The molecule has 0 aromatic heterocycles. The zero-order valence-electron chi connectivity index (χ0n) is 8.46. The second-order valence-electron chi connectivity index (χ2n) is 4.24. The van der Waals surface area contributed by atoms with Gasteiger partial charge in [-0.3, -0.25) is 4.90 Å². The fourth-order valence-electron chi connectivity index (χ4n) is 2.27. The lowest BCUT2D eigenvalue weighted by Crippen LogP contribution is -2.45. The van der Waals surface area contributed by atoms with Crippen molar-refractivity contribution in [1.82, 2.24) is 10.2 Å². The van der Waals surface area contributed by atoms with Crippen LogP contribution in [-0.4, -0.2) is 50.3 Å². The van der Waals surface area contributed by atoms with Gasteiger partial charge in [0.15, 0.2) is 0 Å². The smallest absolute Gasteiger partial charge is 0.0622 e. The second kappa shape index (κ2) is 4.40. The van der Waals surface area contributed by atoms with E-state index < -0.39 is 0 Å². The first kappa shape index (κ1) is 9.44. The van der Waals surface area contributed by atoms with E-state index >= 15 is 0 Å². The van der Waals surface area contributed by atoms with Gasteiger partial charge in [0.2, 0.25) is 0 Å². The summed E-state index contributed by atoms with van der Waals surface area (Å²) in [7, 11) is 2.21. The van der Waals surface area contributed by atoms with Gasteiger partial charge in [0.25, 0.3) is 0 Å². The summed E-state index contributed by atoms with van der Waals surface area (Å²) in [6.45, 7) is 4.14. The van der Waals surface area contributed by atoms with Crippen LogP contribution in [0.15, 0.2) is 0 Å². The first-order chi connectivity index (χ1) is 6.36. The minimum absolute atomic E-state index is 0.643. The Morgan fingerprint density at radius 1 is 1.54 bits per heavy atom. The van der Waals surface area contributed by atoms with E-state index in [1.165, 1.54) is 25.8 Å². The van der Waals surface area contributed by atoms with E-state index in [1.54, 1.807) is 0 Å². The van der Waals surface area contributed by atoms with Crippen molar-refractivity contribution in [3.05, 3.63) is 0 Å². The molecule has 2 unspecified atom stereocenters. The molecule has 2 rings (SSSR count). The van der Waals surface area contributed by atoms with Crippen molar-refractivity contribution in [3.63, 3.8) is 0 Å². The molecule has 0 aliphatic carbocycles. The van der Waals surface area contributed by atoms with Gasteiger partial charge >= 0.3 is 0 Å². The summed E-state index contributed by atoms with van der Waals surface area (Å²) in [5.41, 5.74) is 0. The van der Waals surface area contributed by atoms with Gasteiger partial charge in [-0.25, -0.2) is 0 Å². The molecular weight excluding hydrogens is 164 g/mol. The summed E-state index contributed by atoms with van der Waals surface area (Å²) >= 11 is 0. The Morgan fingerprint density at radius 3 is 3.15 bits per heavy atom. The lowest BCUT2D eigenvalue weighted by molar-refractivity contribution is 0.0000199. The molecule has 1 N–H and O–H groups in total. The summed E-state index contributed by atoms with van der Waals surface area (Å²) in [5, 5.41) is 3.54. The molecule has 2 aliphatic rings. The first-order valence-corrected chi connectivity index (χ1v) is 5.37. The van der Waals surface area contributed by atoms with Gasteiger partial charge in [0.1, 0.15) is 0 Å². The maximum atomic E-state index is 5.49. The molecule has 0 aromatic carbocycles.